The van der Waals surface area contributed by atoms with Gasteiger partial charge in [0.05, 0.1) is 19.8 Å². The molecule has 0 unspecified atom stereocenters. The molecule has 0 spiro atoms. The lowest BCUT2D eigenvalue weighted by atomic mass is 10.1. The van der Waals surface area contributed by atoms with E-state index in [1.54, 1.807) is 30.3 Å². The first-order chi connectivity index (χ1) is 10.6. The van der Waals surface area contributed by atoms with Gasteiger partial charge in [0.25, 0.3) is 0 Å². The second kappa shape index (κ2) is 6.67. The molecule has 2 rings (SSSR count). The molecule has 0 atom stereocenters. The van der Waals surface area contributed by atoms with E-state index in [0.717, 1.165) is 0 Å². The smallest absolute Gasteiger partial charge is 0.231 e. The number of allylic oxidation sites excluding steroid dienone is 1. The second-order valence-corrected chi connectivity index (χ2v) is 4.46. The van der Waals surface area contributed by atoms with Crippen LogP contribution in [-0.2, 0) is 0 Å². The summed E-state index contributed by atoms with van der Waals surface area (Å²) in [5.41, 5.74) is 0.515. The molecule has 0 aliphatic rings. The van der Waals surface area contributed by atoms with Gasteiger partial charge >= 0.3 is 0 Å². The van der Waals surface area contributed by atoms with Crippen molar-refractivity contribution in [1.29, 1.82) is 0 Å². The highest BCUT2D eigenvalue weighted by Crippen LogP contribution is 2.32. The summed E-state index contributed by atoms with van der Waals surface area (Å²) in [6.07, 6.45) is 1.27. The van der Waals surface area contributed by atoms with Crippen molar-refractivity contribution in [2.75, 3.05) is 14.2 Å². The second-order valence-electron chi connectivity index (χ2n) is 4.46. The molecule has 2 N–H and O–H groups in total. The number of ether oxygens (including phenoxy) is 2. The number of aliphatic hydroxyl groups excluding tert-OH is 1. The molecule has 114 valence electrons. The number of aliphatic hydroxyl groups is 1. The first kappa shape index (κ1) is 15.4. The van der Waals surface area contributed by atoms with Crippen molar-refractivity contribution in [2.24, 2.45) is 0 Å². The SMILES string of the molecule is COc1cccc(C=C(O)C(=O)c2ccccc2O)c1OC. The maximum absolute atomic E-state index is 12.2. The van der Waals surface area contributed by atoms with Crippen molar-refractivity contribution in [3.8, 4) is 17.2 Å². The minimum absolute atomic E-state index is 0.0260. The van der Waals surface area contributed by atoms with Crippen LogP contribution in [0.2, 0.25) is 0 Å². The number of benzene rings is 2. The van der Waals surface area contributed by atoms with Crippen LogP contribution in [0, 0.1) is 0 Å². The van der Waals surface area contributed by atoms with E-state index in [2.05, 4.69) is 0 Å². The van der Waals surface area contributed by atoms with Crippen LogP contribution in [0.3, 0.4) is 0 Å². The summed E-state index contributed by atoms with van der Waals surface area (Å²) in [6, 6.07) is 11.1. The zero-order valence-corrected chi connectivity index (χ0v) is 12.2. The maximum atomic E-state index is 12.2. The number of hydrogen-bond donors (Lipinski definition) is 2. The molecule has 0 aromatic heterocycles. The van der Waals surface area contributed by atoms with Gasteiger partial charge in [0.2, 0.25) is 5.78 Å². The number of phenols is 1. The summed E-state index contributed by atoms with van der Waals surface area (Å²) in [5.74, 6) is -0.484. The molecular formula is C17H16O5. The molecule has 0 amide bonds. The fourth-order valence-corrected chi connectivity index (χ4v) is 2.04. The van der Waals surface area contributed by atoms with Crippen molar-refractivity contribution in [3.63, 3.8) is 0 Å². The quantitative estimate of drug-likeness (QED) is 0.504. The van der Waals surface area contributed by atoms with Gasteiger partial charge in [0, 0.05) is 5.56 Å². The van der Waals surface area contributed by atoms with E-state index in [1.807, 2.05) is 0 Å². The van der Waals surface area contributed by atoms with E-state index >= 15 is 0 Å². The molecule has 0 heterocycles. The van der Waals surface area contributed by atoms with Crippen LogP contribution in [0.25, 0.3) is 6.08 Å². The Kier molecular flexibility index (Phi) is 4.68. The Hall–Kier alpha value is -2.95. The number of Topliss-reactive ketones (excluding diaryl/α,β-unsaturated/α-hetero) is 1. The highest BCUT2D eigenvalue weighted by Gasteiger charge is 2.16. The molecule has 0 fully saturated rings. The van der Waals surface area contributed by atoms with Gasteiger partial charge < -0.3 is 19.7 Å². The van der Waals surface area contributed by atoms with Gasteiger partial charge in [0.15, 0.2) is 17.3 Å². The van der Waals surface area contributed by atoms with E-state index in [1.165, 1.54) is 32.4 Å². The highest BCUT2D eigenvalue weighted by molar-refractivity contribution is 6.11. The molecule has 0 aliphatic heterocycles. The van der Waals surface area contributed by atoms with Crippen molar-refractivity contribution in [1.82, 2.24) is 0 Å². The van der Waals surface area contributed by atoms with Crippen molar-refractivity contribution in [3.05, 3.63) is 59.4 Å². The summed E-state index contributed by atoms with van der Waals surface area (Å²) in [4.78, 5) is 12.2. The average Bonchev–Trinajstić information content (AvgIpc) is 2.54. The molecular weight excluding hydrogens is 284 g/mol. The van der Waals surface area contributed by atoms with E-state index in [-0.39, 0.29) is 11.3 Å². The predicted molar refractivity (Wildman–Crippen MR) is 82.6 cm³/mol. The van der Waals surface area contributed by atoms with Crippen LogP contribution < -0.4 is 9.47 Å². The Morgan fingerprint density at radius 1 is 1.05 bits per heavy atom. The third-order valence-electron chi connectivity index (χ3n) is 3.11. The zero-order valence-electron chi connectivity index (χ0n) is 12.2. The van der Waals surface area contributed by atoms with Gasteiger partial charge in [-0.1, -0.05) is 24.3 Å². The van der Waals surface area contributed by atoms with E-state index < -0.39 is 11.5 Å². The summed E-state index contributed by atoms with van der Waals surface area (Å²) in [6.45, 7) is 0. The van der Waals surface area contributed by atoms with Crippen LogP contribution in [0.15, 0.2) is 48.2 Å². The fraction of sp³-hybridized carbons (Fsp3) is 0.118. The van der Waals surface area contributed by atoms with Crippen LogP contribution in [0.5, 0.6) is 17.2 Å². The van der Waals surface area contributed by atoms with Crippen LogP contribution in [-0.4, -0.2) is 30.2 Å². The van der Waals surface area contributed by atoms with Gasteiger partial charge in [-0.05, 0) is 24.3 Å². The Morgan fingerprint density at radius 3 is 2.41 bits per heavy atom. The van der Waals surface area contributed by atoms with E-state index in [0.29, 0.717) is 17.1 Å². The molecule has 22 heavy (non-hydrogen) atoms. The third-order valence-corrected chi connectivity index (χ3v) is 3.11. The van der Waals surface area contributed by atoms with E-state index in [4.69, 9.17) is 9.47 Å². The normalized spacial score (nSPS) is 11.1. The Balaban J connectivity index is 2.41. The van der Waals surface area contributed by atoms with E-state index in [9.17, 15) is 15.0 Å². The molecule has 5 heteroatoms. The minimum atomic E-state index is -0.678. The van der Waals surface area contributed by atoms with Gasteiger partial charge in [-0.2, -0.15) is 0 Å². The average molecular weight is 300 g/mol. The number of carbonyl (C=O) groups excluding carboxylic acids is 1. The lowest BCUT2D eigenvalue weighted by Crippen LogP contribution is -2.03. The summed E-state index contributed by atoms with van der Waals surface area (Å²) in [7, 11) is 2.97. The fourth-order valence-electron chi connectivity index (χ4n) is 2.04. The first-order valence-corrected chi connectivity index (χ1v) is 6.52. The Morgan fingerprint density at radius 2 is 1.77 bits per heavy atom. The highest BCUT2D eigenvalue weighted by atomic mass is 16.5. The van der Waals surface area contributed by atoms with Crippen molar-refractivity contribution >= 4 is 11.9 Å². The van der Waals surface area contributed by atoms with Gasteiger partial charge in [-0.15, -0.1) is 0 Å². The largest absolute Gasteiger partial charge is 0.507 e. The molecule has 2 aromatic rings. The Bertz CT molecular complexity index is 719. The van der Waals surface area contributed by atoms with Crippen LogP contribution >= 0.6 is 0 Å². The molecule has 5 nitrogen and oxygen atoms in total. The summed E-state index contributed by atoms with van der Waals surface area (Å²) >= 11 is 0. The number of ketones is 1. The number of methoxy groups -OCH3 is 2. The monoisotopic (exact) mass is 300 g/mol. The lowest BCUT2D eigenvalue weighted by Gasteiger charge is -2.10. The van der Waals surface area contributed by atoms with Gasteiger partial charge in [-0.25, -0.2) is 0 Å². The van der Waals surface area contributed by atoms with Crippen LogP contribution in [0.4, 0.5) is 0 Å². The number of para-hydroxylation sites is 2. The standard InChI is InChI=1S/C17H16O5/c1-21-15-9-5-6-11(17(15)22-2)10-14(19)16(20)12-7-3-4-8-13(12)18/h3-10,18-19H,1-2H3. The topological polar surface area (TPSA) is 76.0 Å². The summed E-state index contributed by atoms with van der Waals surface area (Å²) in [5, 5.41) is 19.7. The number of aromatic hydroxyl groups is 1. The molecule has 2 aromatic carbocycles. The maximum Gasteiger partial charge on any atom is 0.231 e. The van der Waals surface area contributed by atoms with Gasteiger partial charge in [-0.3, -0.25) is 4.79 Å². The summed E-state index contributed by atoms with van der Waals surface area (Å²) < 4.78 is 10.4. The number of carbonyl (C=O) groups is 1. The zero-order chi connectivity index (χ0) is 16.1. The molecule has 0 saturated heterocycles. The van der Waals surface area contributed by atoms with Gasteiger partial charge in [0.1, 0.15) is 5.75 Å². The van der Waals surface area contributed by atoms with Crippen LogP contribution in [0.1, 0.15) is 15.9 Å². The number of phenolic OH excluding ortho intramolecular Hbond substituents is 1. The van der Waals surface area contributed by atoms with Crippen molar-refractivity contribution < 1.29 is 24.5 Å². The minimum Gasteiger partial charge on any atom is -0.507 e. The number of rotatable bonds is 5. The molecule has 0 bridgehead atoms. The van der Waals surface area contributed by atoms with Crippen molar-refractivity contribution in [2.45, 2.75) is 0 Å². The first-order valence-electron chi connectivity index (χ1n) is 6.52. The molecule has 0 aliphatic carbocycles. The molecule has 0 radical (unpaired) electrons. The lowest BCUT2D eigenvalue weighted by molar-refractivity contribution is 0.0977. The molecule has 0 saturated carbocycles. The Labute approximate surface area is 128 Å². The number of hydrogen-bond acceptors (Lipinski definition) is 5. The third kappa shape index (κ3) is 3.03. The predicted octanol–water partition coefficient (Wildman–Crippen LogP) is 3.19.